The molecule has 0 aliphatic carbocycles. The Morgan fingerprint density at radius 2 is 1.83 bits per heavy atom. The first-order chi connectivity index (χ1) is 13.5. The van der Waals surface area contributed by atoms with Crippen molar-refractivity contribution in [3.8, 4) is 11.5 Å². The Morgan fingerprint density at radius 3 is 2.52 bits per heavy atom. The van der Waals surface area contributed by atoms with Gasteiger partial charge in [0.1, 0.15) is 12.1 Å². The van der Waals surface area contributed by atoms with Crippen LogP contribution in [0.25, 0.3) is 11.5 Å². The molecule has 0 fully saturated rings. The normalized spacial score (nSPS) is 11.0. The van der Waals surface area contributed by atoms with Crippen molar-refractivity contribution >= 4 is 35.8 Å². The molecular weight excluding hydrogens is 479 g/mol. The fraction of sp³-hybridized carbons (Fsp3) is 0.286. The number of nitrogens with zero attached hydrogens (tertiary/aromatic N) is 4. The van der Waals surface area contributed by atoms with Crippen molar-refractivity contribution in [2.24, 2.45) is 4.99 Å². The molecule has 2 N–H and O–H groups in total. The number of halogens is 1. The van der Waals surface area contributed by atoms with Gasteiger partial charge in [0.05, 0.1) is 12.2 Å². The molecule has 2 heterocycles. The van der Waals surface area contributed by atoms with E-state index in [1.807, 2.05) is 61.6 Å². The number of oxazole rings is 1. The van der Waals surface area contributed by atoms with Crippen molar-refractivity contribution in [3.63, 3.8) is 0 Å². The van der Waals surface area contributed by atoms with E-state index in [4.69, 9.17) is 4.42 Å². The zero-order valence-corrected chi connectivity index (χ0v) is 19.5. The lowest BCUT2D eigenvalue weighted by molar-refractivity contribution is 0.572. The van der Waals surface area contributed by atoms with Crippen LogP contribution in [0.4, 0.5) is 5.82 Å². The summed E-state index contributed by atoms with van der Waals surface area (Å²) in [7, 11) is 5.69. The highest BCUT2D eigenvalue weighted by molar-refractivity contribution is 14.0. The van der Waals surface area contributed by atoms with Gasteiger partial charge in [0.2, 0.25) is 5.89 Å². The van der Waals surface area contributed by atoms with E-state index in [0.717, 1.165) is 22.6 Å². The van der Waals surface area contributed by atoms with E-state index in [2.05, 4.69) is 32.5 Å². The molecule has 1 aromatic carbocycles. The second-order valence-electron chi connectivity index (χ2n) is 6.71. The number of rotatable bonds is 6. The highest BCUT2D eigenvalue weighted by Gasteiger charge is 2.07. The molecule has 0 unspecified atom stereocenters. The Morgan fingerprint density at radius 1 is 1.10 bits per heavy atom. The molecule has 29 heavy (non-hydrogen) atoms. The fourth-order valence-corrected chi connectivity index (χ4v) is 2.61. The lowest BCUT2D eigenvalue weighted by Gasteiger charge is -2.14. The summed E-state index contributed by atoms with van der Waals surface area (Å²) in [5, 5.41) is 6.56. The number of hydrogen-bond acceptors (Lipinski definition) is 5. The molecule has 3 aromatic rings. The van der Waals surface area contributed by atoms with Gasteiger partial charge in [-0.2, -0.15) is 0 Å². The number of anilines is 1. The summed E-state index contributed by atoms with van der Waals surface area (Å²) in [6.07, 6.45) is 3.48. The minimum atomic E-state index is 0. The molecule has 8 heteroatoms. The van der Waals surface area contributed by atoms with E-state index < -0.39 is 0 Å². The first-order valence-corrected chi connectivity index (χ1v) is 9.13. The summed E-state index contributed by atoms with van der Waals surface area (Å²) >= 11 is 0. The molecule has 0 atom stereocenters. The average molecular weight is 506 g/mol. The fourth-order valence-electron chi connectivity index (χ4n) is 2.61. The number of aromatic nitrogens is 2. The van der Waals surface area contributed by atoms with Crippen molar-refractivity contribution in [1.29, 1.82) is 0 Å². The SMILES string of the molecule is CN=C(NCc1ccnc(N(C)C)c1)NCc1coc(-c2ccc(C)cc2)n1.I. The van der Waals surface area contributed by atoms with E-state index in [-0.39, 0.29) is 24.0 Å². The molecule has 0 spiro atoms. The lowest BCUT2D eigenvalue weighted by Crippen LogP contribution is -2.36. The Kier molecular flexibility index (Phi) is 8.44. The maximum absolute atomic E-state index is 5.60. The number of benzene rings is 1. The maximum Gasteiger partial charge on any atom is 0.226 e. The predicted molar refractivity (Wildman–Crippen MR) is 128 cm³/mol. The van der Waals surface area contributed by atoms with Crippen LogP contribution in [0.15, 0.2) is 58.3 Å². The van der Waals surface area contributed by atoms with Crippen molar-refractivity contribution in [3.05, 3.63) is 65.7 Å². The maximum atomic E-state index is 5.60. The van der Waals surface area contributed by atoms with Crippen molar-refractivity contribution in [2.45, 2.75) is 20.0 Å². The van der Waals surface area contributed by atoms with Crippen LogP contribution in [0, 0.1) is 6.92 Å². The first-order valence-electron chi connectivity index (χ1n) is 9.13. The Balaban J connectivity index is 0.00000300. The van der Waals surface area contributed by atoms with Crippen molar-refractivity contribution in [1.82, 2.24) is 20.6 Å². The smallest absolute Gasteiger partial charge is 0.226 e. The first kappa shape index (κ1) is 22.7. The Hall–Kier alpha value is -2.62. The Bertz CT molecular complexity index is 936. The van der Waals surface area contributed by atoms with Gasteiger partial charge in [-0.1, -0.05) is 17.7 Å². The number of pyridine rings is 1. The van der Waals surface area contributed by atoms with Gasteiger partial charge in [0, 0.05) is 39.4 Å². The quantitative estimate of drug-likeness (QED) is 0.302. The van der Waals surface area contributed by atoms with E-state index in [9.17, 15) is 0 Å². The van der Waals surface area contributed by atoms with E-state index in [0.29, 0.717) is 24.9 Å². The third kappa shape index (κ3) is 6.45. The zero-order valence-electron chi connectivity index (χ0n) is 17.1. The van der Waals surface area contributed by atoms with E-state index in [1.165, 1.54) is 5.56 Å². The largest absolute Gasteiger partial charge is 0.444 e. The van der Waals surface area contributed by atoms with E-state index in [1.54, 1.807) is 13.3 Å². The monoisotopic (exact) mass is 506 g/mol. The third-order valence-corrected chi connectivity index (χ3v) is 4.24. The summed E-state index contributed by atoms with van der Waals surface area (Å²) in [5.41, 5.74) is 4.12. The van der Waals surface area contributed by atoms with Crippen molar-refractivity contribution < 1.29 is 4.42 Å². The third-order valence-electron chi connectivity index (χ3n) is 4.24. The Labute approximate surface area is 188 Å². The number of hydrogen-bond donors (Lipinski definition) is 2. The molecule has 0 aliphatic rings. The molecule has 7 nitrogen and oxygen atoms in total. The van der Waals surface area contributed by atoms with Gasteiger partial charge >= 0.3 is 0 Å². The van der Waals surface area contributed by atoms with Crippen LogP contribution in [0.1, 0.15) is 16.8 Å². The molecule has 3 rings (SSSR count). The van der Waals surface area contributed by atoms with Gasteiger partial charge in [-0.15, -0.1) is 24.0 Å². The number of aliphatic imine (C=N–C) groups is 1. The molecule has 0 amide bonds. The topological polar surface area (TPSA) is 78.6 Å². The second-order valence-corrected chi connectivity index (χ2v) is 6.71. The van der Waals surface area contributed by atoms with Gasteiger partial charge in [0.15, 0.2) is 5.96 Å². The minimum absolute atomic E-state index is 0. The predicted octanol–water partition coefficient (Wildman–Crippen LogP) is 3.59. The lowest BCUT2D eigenvalue weighted by atomic mass is 10.1. The van der Waals surface area contributed by atoms with E-state index >= 15 is 0 Å². The number of aryl methyl sites for hydroxylation is 1. The summed E-state index contributed by atoms with van der Waals surface area (Å²) < 4.78 is 5.60. The van der Waals surface area contributed by atoms with Gasteiger partial charge < -0.3 is 20.0 Å². The average Bonchev–Trinajstić information content (AvgIpc) is 3.18. The van der Waals surface area contributed by atoms with Crippen LogP contribution in [0.2, 0.25) is 0 Å². The molecule has 0 radical (unpaired) electrons. The summed E-state index contributed by atoms with van der Waals surface area (Å²) in [4.78, 5) is 15.1. The minimum Gasteiger partial charge on any atom is -0.444 e. The molecule has 0 saturated heterocycles. The summed E-state index contributed by atoms with van der Waals surface area (Å²) in [6.45, 7) is 3.23. The molecule has 0 saturated carbocycles. The van der Waals surface area contributed by atoms with Crippen molar-refractivity contribution in [2.75, 3.05) is 26.0 Å². The molecule has 2 aromatic heterocycles. The standard InChI is InChI=1S/C21H26N6O.HI/c1-15-5-7-17(8-6-15)20-26-18(14-28-20)13-25-21(22-2)24-12-16-9-10-23-19(11-16)27(3)4;/h5-11,14H,12-13H2,1-4H3,(H2,22,24,25);1H. The van der Waals surface area contributed by atoms with Gasteiger partial charge in [-0.05, 0) is 36.8 Å². The summed E-state index contributed by atoms with van der Waals surface area (Å²) in [6, 6.07) is 12.1. The van der Waals surface area contributed by atoms with Crippen LogP contribution < -0.4 is 15.5 Å². The molecular formula is C21H27IN6O. The molecule has 0 bridgehead atoms. The number of guanidine groups is 1. The highest BCUT2D eigenvalue weighted by Crippen LogP contribution is 2.19. The van der Waals surface area contributed by atoms with Crippen LogP contribution in [-0.2, 0) is 13.1 Å². The van der Waals surface area contributed by atoms with Gasteiger partial charge in [-0.25, -0.2) is 9.97 Å². The van der Waals surface area contributed by atoms with Crippen LogP contribution in [0.5, 0.6) is 0 Å². The highest BCUT2D eigenvalue weighted by atomic mass is 127. The molecule has 0 aliphatic heterocycles. The second kappa shape index (κ2) is 10.8. The van der Waals surface area contributed by atoms with Crippen LogP contribution >= 0.6 is 24.0 Å². The van der Waals surface area contributed by atoms with Gasteiger partial charge in [0.25, 0.3) is 0 Å². The van der Waals surface area contributed by atoms with Gasteiger partial charge in [-0.3, -0.25) is 4.99 Å². The van der Waals surface area contributed by atoms with Crippen LogP contribution in [-0.4, -0.2) is 37.1 Å². The number of nitrogens with one attached hydrogen (secondary N) is 2. The van der Waals surface area contributed by atoms with Crippen LogP contribution in [0.3, 0.4) is 0 Å². The molecule has 154 valence electrons. The summed E-state index contributed by atoms with van der Waals surface area (Å²) in [5.74, 6) is 2.24. The zero-order chi connectivity index (χ0) is 19.9.